The lowest BCUT2D eigenvalue weighted by Crippen LogP contribution is -2.41. The molecule has 0 aromatic heterocycles. The van der Waals surface area contributed by atoms with Crippen molar-refractivity contribution < 1.29 is 24.2 Å². The van der Waals surface area contributed by atoms with Crippen LogP contribution in [0.1, 0.15) is 16.8 Å². The van der Waals surface area contributed by atoms with Gasteiger partial charge in [0.25, 0.3) is 5.91 Å². The quantitative estimate of drug-likeness (QED) is 0.553. The molecule has 1 aromatic rings. The minimum Gasteiger partial charge on any atom is -0.480 e. The Hall–Kier alpha value is -2.15. The number of aliphatic carboxylic acids is 1. The van der Waals surface area contributed by atoms with Crippen molar-refractivity contribution in [3.05, 3.63) is 29.6 Å². The molecule has 1 atom stereocenters. The summed E-state index contributed by atoms with van der Waals surface area (Å²) in [5.74, 6) is -2.84. The highest BCUT2D eigenvalue weighted by molar-refractivity contribution is 6.00. The van der Waals surface area contributed by atoms with Gasteiger partial charge in [-0.3, -0.25) is 4.79 Å². The Labute approximate surface area is 102 Å². The largest absolute Gasteiger partial charge is 0.480 e. The molecule has 0 saturated carbocycles. The highest BCUT2D eigenvalue weighted by Crippen LogP contribution is 2.15. The molecule has 98 valence electrons. The van der Waals surface area contributed by atoms with Crippen molar-refractivity contribution in [1.29, 1.82) is 0 Å². The van der Waals surface area contributed by atoms with E-state index in [1.165, 1.54) is 12.1 Å². The summed E-state index contributed by atoms with van der Waals surface area (Å²) in [5.41, 5.74) is 4.89. The third kappa shape index (κ3) is 3.17. The number of aliphatic hydroxyl groups is 1. The molecule has 5 N–H and O–H groups in total. The second kappa shape index (κ2) is 5.97. The van der Waals surface area contributed by atoms with Gasteiger partial charge in [-0.2, -0.15) is 0 Å². The van der Waals surface area contributed by atoms with E-state index in [2.05, 4.69) is 5.32 Å². The van der Waals surface area contributed by atoms with Gasteiger partial charge in [0.2, 0.25) is 0 Å². The zero-order valence-electron chi connectivity index (χ0n) is 9.39. The Morgan fingerprint density at radius 3 is 2.67 bits per heavy atom. The van der Waals surface area contributed by atoms with Crippen molar-refractivity contribution in [3.63, 3.8) is 0 Å². The molecule has 0 heterocycles. The molecule has 0 spiro atoms. The van der Waals surface area contributed by atoms with Gasteiger partial charge < -0.3 is 21.3 Å². The first-order valence-electron chi connectivity index (χ1n) is 5.16. The van der Waals surface area contributed by atoms with Crippen LogP contribution in [0.5, 0.6) is 0 Å². The molecule has 1 aromatic carbocycles. The van der Waals surface area contributed by atoms with Gasteiger partial charge in [-0.1, -0.05) is 6.07 Å². The minimum atomic E-state index is -1.28. The molecule has 1 amide bonds. The number of carboxylic acids is 1. The van der Waals surface area contributed by atoms with E-state index < -0.39 is 30.3 Å². The van der Waals surface area contributed by atoms with Crippen LogP contribution in [0.4, 0.5) is 10.1 Å². The van der Waals surface area contributed by atoms with Crippen molar-refractivity contribution in [3.8, 4) is 0 Å². The van der Waals surface area contributed by atoms with Crippen LogP contribution in [-0.4, -0.2) is 34.7 Å². The monoisotopic (exact) mass is 256 g/mol. The Morgan fingerprint density at radius 1 is 1.44 bits per heavy atom. The second-order valence-electron chi connectivity index (χ2n) is 3.58. The fraction of sp³-hybridized carbons (Fsp3) is 0.273. The molecule has 0 aliphatic rings. The molecule has 6 nitrogen and oxygen atoms in total. The van der Waals surface area contributed by atoms with Crippen LogP contribution in [-0.2, 0) is 4.79 Å². The molecule has 0 radical (unpaired) electrons. The first kappa shape index (κ1) is 13.9. The number of carbonyl (C=O) groups is 2. The van der Waals surface area contributed by atoms with E-state index in [-0.39, 0.29) is 17.7 Å². The highest BCUT2D eigenvalue weighted by Gasteiger charge is 2.21. The van der Waals surface area contributed by atoms with Crippen LogP contribution >= 0.6 is 0 Å². The molecule has 0 saturated heterocycles. The van der Waals surface area contributed by atoms with E-state index in [1.54, 1.807) is 0 Å². The normalized spacial score (nSPS) is 11.9. The van der Waals surface area contributed by atoms with E-state index in [0.717, 1.165) is 6.07 Å². The van der Waals surface area contributed by atoms with Gasteiger partial charge in [0.05, 0.1) is 11.3 Å². The van der Waals surface area contributed by atoms with Gasteiger partial charge in [-0.15, -0.1) is 0 Å². The van der Waals surface area contributed by atoms with Crippen LogP contribution in [0, 0.1) is 5.82 Å². The van der Waals surface area contributed by atoms with Crippen LogP contribution in [0.2, 0.25) is 0 Å². The molecule has 0 fully saturated rings. The predicted octanol–water partition coefficient (Wildman–Crippen LogP) is -0.0267. The Bertz CT molecular complexity index is 464. The summed E-state index contributed by atoms with van der Waals surface area (Å²) in [6.45, 7) is -0.393. The number of carboxylic acid groups (broad SMARTS) is 1. The fourth-order valence-electron chi connectivity index (χ4n) is 1.36. The zero-order valence-corrected chi connectivity index (χ0v) is 9.39. The summed E-state index contributed by atoms with van der Waals surface area (Å²) in [7, 11) is 0. The van der Waals surface area contributed by atoms with Crippen LogP contribution in [0.25, 0.3) is 0 Å². The van der Waals surface area contributed by atoms with Gasteiger partial charge in [-0.25, -0.2) is 9.18 Å². The maximum Gasteiger partial charge on any atom is 0.326 e. The van der Waals surface area contributed by atoms with E-state index in [9.17, 15) is 14.0 Å². The third-order valence-electron chi connectivity index (χ3n) is 2.32. The third-order valence-corrected chi connectivity index (χ3v) is 2.32. The van der Waals surface area contributed by atoms with Gasteiger partial charge in [-0.05, 0) is 12.1 Å². The first-order valence-corrected chi connectivity index (χ1v) is 5.16. The van der Waals surface area contributed by atoms with E-state index in [4.69, 9.17) is 15.9 Å². The van der Waals surface area contributed by atoms with Gasteiger partial charge in [0.1, 0.15) is 11.9 Å². The van der Waals surface area contributed by atoms with Crippen molar-refractivity contribution in [1.82, 2.24) is 5.32 Å². The number of carbonyl (C=O) groups excluding carboxylic acids is 1. The number of nitrogens with two attached hydrogens (primary N) is 1. The molecule has 1 rings (SSSR count). The lowest BCUT2D eigenvalue weighted by Gasteiger charge is -2.14. The number of hydrogen-bond acceptors (Lipinski definition) is 4. The summed E-state index contributed by atoms with van der Waals surface area (Å²) in [4.78, 5) is 22.5. The van der Waals surface area contributed by atoms with Gasteiger partial charge in [0, 0.05) is 13.0 Å². The molecule has 0 aliphatic heterocycles. The summed E-state index contributed by atoms with van der Waals surface area (Å²) < 4.78 is 13.1. The smallest absolute Gasteiger partial charge is 0.326 e. The minimum absolute atomic E-state index is 0.140. The molecule has 7 heteroatoms. The van der Waals surface area contributed by atoms with Crippen molar-refractivity contribution in [2.24, 2.45) is 0 Å². The molecule has 0 aliphatic carbocycles. The maximum absolute atomic E-state index is 13.1. The standard InChI is InChI=1S/C11H13FN2O4/c12-7-3-1-2-6(9(7)13)10(16)14-8(4-5-15)11(17)18/h1-3,8,15H,4-5,13H2,(H,14,16)(H,17,18)/t8-/m1/s1. The molecule has 18 heavy (non-hydrogen) atoms. The molecular formula is C11H13FN2O4. The predicted molar refractivity (Wildman–Crippen MR) is 61.4 cm³/mol. The zero-order chi connectivity index (χ0) is 13.7. The lowest BCUT2D eigenvalue weighted by atomic mass is 10.1. The lowest BCUT2D eigenvalue weighted by molar-refractivity contribution is -0.139. The Balaban J connectivity index is 2.87. The van der Waals surface area contributed by atoms with Crippen molar-refractivity contribution >= 4 is 17.6 Å². The number of benzene rings is 1. The molecular weight excluding hydrogens is 243 g/mol. The Morgan fingerprint density at radius 2 is 2.11 bits per heavy atom. The average molecular weight is 256 g/mol. The van der Waals surface area contributed by atoms with E-state index in [0.29, 0.717) is 0 Å². The number of aliphatic hydroxyl groups excluding tert-OH is 1. The molecule has 0 bridgehead atoms. The number of anilines is 1. The van der Waals surface area contributed by atoms with E-state index in [1.807, 2.05) is 0 Å². The SMILES string of the molecule is Nc1c(F)cccc1C(=O)N[C@H](CCO)C(=O)O. The van der Waals surface area contributed by atoms with Crippen molar-refractivity contribution in [2.45, 2.75) is 12.5 Å². The van der Waals surface area contributed by atoms with E-state index >= 15 is 0 Å². The topological polar surface area (TPSA) is 113 Å². The Kier molecular flexibility index (Phi) is 4.61. The summed E-state index contributed by atoms with van der Waals surface area (Å²) in [6.07, 6.45) is -0.143. The number of nitrogens with one attached hydrogen (secondary N) is 1. The van der Waals surface area contributed by atoms with Gasteiger partial charge >= 0.3 is 5.97 Å². The van der Waals surface area contributed by atoms with Gasteiger partial charge in [0.15, 0.2) is 0 Å². The van der Waals surface area contributed by atoms with Crippen molar-refractivity contribution in [2.75, 3.05) is 12.3 Å². The summed E-state index contributed by atoms with van der Waals surface area (Å²) in [6, 6.07) is 2.42. The van der Waals surface area contributed by atoms with Crippen LogP contribution < -0.4 is 11.1 Å². The molecule has 0 unspecified atom stereocenters. The average Bonchev–Trinajstić information content (AvgIpc) is 2.31. The van der Waals surface area contributed by atoms with Crippen LogP contribution in [0.15, 0.2) is 18.2 Å². The number of halogens is 1. The number of rotatable bonds is 5. The highest BCUT2D eigenvalue weighted by atomic mass is 19.1. The first-order chi connectivity index (χ1) is 8.47. The fourth-order valence-corrected chi connectivity index (χ4v) is 1.36. The number of amides is 1. The number of nitrogen functional groups attached to an aromatic ring is 1. The summed E-state index contributed by atoms with van der Waals surface area (Å²) >= 11 is 0. The second-order valence-corrected chi connectivity index (χ2v) is 3.58. The number of hydrogen-bond donors (Lipinski definition) is 4. The maximum atomic E-state index is 13.1. The summed E-state index contributed by atoms with van der Waals surface area (Å²) in [5, 5.41) is 19.6. The van der Waals surface area contributed by atoms with Crippen LogP contribution in [0.3, 0.4) is 0 Å². The number of para-hydroxylation sites is 1.